The highest BCUT2D eigenvalue weighted by atomic mass is 35.5. The molecule has 3 nitrogen and oxygen atoms in total. The van der Waals surface area contributed by atoms with Crippen molar-refractivity contribution in [1.29, 1.82) is 0 Å². The van der Waals surface area contributed by atoms with E-state index in [9.17, 15) is 18.0 Å². The summed E-state index contributed by atoms with van der Waals surface area (Å²) in [5, 5.41) is 11.4. The number of benzene rings is 2. The zero-order chi connectivity index (χ0) is 17.0. The molecule has 0 aliphatic carbocycles. The molecule has 0 fully saturated rings. The quantitative estimate of drug-likeness (QED) is 0.794. The number of phenolic OH excluding ortho intramolecular Hbond substituents is 1. The second kappa shape index (κ2) is 6.75. The maximum atomic E-state index is 12.6. The molecule has 7 heteroatoms. The van der Waals surface area contributed by atoms with Crippen molar-refractivity contribution in [1.82, 2.24) is 0 Å². The maximum absolute atomic E-state index is 12.6. The number of hydrogen-bond donors (Lipinski definition) is 2. The number of alkyl halides is 3. The summed E-state index contributed by atoms with van der Waals surface area (Å²) < 4.78 is 37.9. The molecule has 0 aliphatic rings. The van der Waals surface area contributed by atoms with Gasteiger partial charge in [-0.05, 0) is 42.0 Å². The Morgan fingerprint density at radius 1 is 1.13 bits per heavy atom. The van der Waals surface area contributed by atoms with E-state index in [2.05, 4.69) is 5.32 Å². The fourth-order valence-electron chi connectivity index (χ4n) is 1.73. The third-order valence-corrected chi connectivity index (χ3v) is 3.20. The van der Waals surface area contributed by atoms with Gasteiger partial charge in [0, 0.05) is 6.08 Å². The van der Waals surface area contributed by atoms with Crippen molar-refractivity contribution in [3.05, 3.63) is 64.7 Å². The average molecular weight is 342 g/mol. The Morgan fingerprint density at radius 2 is 1.78 bits per heavy atom. The summed E-state index contributed by atoms with van der Waals surface area (Å²) in [4.78, 5) is 11.8. The summed E-state index contributed by atoms with van der Waals surface area (Å²) >= 11 is 5.79. The van der Waals surface area contributed by atoms with Crippen LogP contribution in [0.25, 0.3) is 6.08 Å². The van der Waals surface area contributed by atoms with Gasteiger partial charge in [0.15, 0.2) is 0 Å². The molecule has 2 rings (SSSR count). The van der Waals surface area contributed by atoms with Crippen molar-refractivity contribution in [2.75, 3.05) is 5.32 Å². The molecule has 0 unspecified atom stereocenters. The second-order valence-electron chi connectivity index (χ2n) is 4.61. The van der Waals surface area contributed by atoms with Crippen molar-refractivity contribution in [3.8, 4) is 5.75 Å². The minimum Gasteiger partial charge on any atom is -0.508 e. The van der Waals surface area contributed by atoms with E-state index < -0.39 is 17.6 Å². The zero-order valence-electron chi connectivity index (χ0n) is 11.6. The molecule has 0 aromatic heterocycles. The van der Waals surface area contributed by atoms with Gasteiger partial charge in [-0.2, -0.15) is 13.2 Å². The molecule has 120 valence electrons. The monoisotopic (exact) mass is 341 g/mol. The Morgan fingerprint density at radius 3 is 2.39 bits per heavy atom. The Labute approximate surface area is 135 Å². The fourth-order valence-corrected chi connectivity index (χ4v) is 1.89. The minimum atomic E-state index is -4.52. The summed E-state index contributed by atoms with van der Waals surface area (Å²) in [6, 6.07) is 8.73. The lowest BCUT2D eigenvalue weighted by atomic mass is 10.2. The van der Waals surface area contributed by atoms with Crippen LogP contribution < -0.4 is 5.32 Å². The summed E-state index contributed by atoms with van der Waals surface area (Å²) in [7, 11) is 0. The lowest BCUT2D eigenvalue weighted by Gasteiger charge is -2.10. The minimum absolute atomic E-state index is 0.00406. The molecule has 0 heterocycles. The van der Waals surface area contributed by atoms with Crippen LogP contribution in [0.4, 0.5) is 18.9 Å². The molecule has 0 bridgehead atoms. The van der Waals surface area contributed by atoms with Crippen molar-refractivity contribution >= 4 is 29.3 Å². The molecule has 2 N–H and O–H groups in total. The van der Waals surface area contributed by atoms with Gasteiger partial charge in [-0.3, -0.25) is 4.79 Å². The second-order valence-corrected chi connectivity index (χ2v) is 5.01. The van der Waals surface area contributed by atoms with Crippen LogP contribution in [0.5, 0.6) is 5.75 Å². The predicted octanol–water partition coefficient (Wildman–Crippen LogP) is 4.72. The number of aromatic hydroxyl groups is 1. The van der Waals surface area contributed by atoms with E-state index in [1.807, 2.05) is 0 Å². The van der Waals surface area contributed by atoms with E-state index >= 15 is 0 Å². The van der Waals surface area contributed by atoms with Crippen LogP contribution in [0, 0.1) is 0 Å². The Hall–Kier alpha value is -2.47. The average Bonchev–Trinajstić information content (AvgIpc) is 2.48. The van der Waals surface area contributed by atoms with Crippen LogP contribution in [-0.4, -0.2) is 11.0 Å². The van der Waals surface area contributed by atoms with Gasteiger partial charge < -0.3 is 10.4 Å². The predicted molar refractivity (Wildman–Crippen MR) is 82.2 cm³/mol. The number of anilines is 1. The van der Waals surface area contributed by atoms with Gasteiger partial charge in [0.2, 0.25) is 5.91 Å². The van der Waals surface area contributed by atoms with E-state index in [0.717, 1.165) is 24.3 Å². The number of phenols is 1. The molecule has 2 aromatic carbocycles. The lowest BCUT2D eigenvalue weighted by Crippen LogP contribution is -2.11. The normalized spacial score (nSPS) is 11.7. The van der Waals surface area contributed by atoms with E-state index in [1.54, 1.807) is 12.1 Å². The molecule has 0 atom stereocenters. The van der Waals surface area contributed by atoms with Crippen LogP contribution in [0.15, 0.2) is 48.5 Å². The number of amides is 1. The van der Waals surface area contributed by atoms with Crippen molar-refractivity contribution in [3.63, 3.8) is 0 Å². The smallest absolute Gasteiger partial charge is 0.416 e. The lowest BCUT2D eigenvalue weighted by molar-refractivity contribution is -0.137. The van der Waals surface area contributed by atoms with Gasteiger partial charge in [-0.1, -0.05) is 23.7 Å². The zero-order valence-corrected chi connectivity index (χ0v) is 12.3. The van der Waals surface area contributed by atoms with Crippen molar-refractivity contribution in [2.24, 2.45) is 0 Å². The highest BCUT2D eigenvalue weighted by Gasteiger charge is 2.31. The number of carbonyl (C=O) groups excluding carboxylic acids is 1. The number of carbonyl (C=O) groups is 1. The molecule has 1 amide bonds. The van der Waals surface area contributed by atoms with Gasteiger partial charge in [-0.15, -0.1) is 0 Å². The first-order valence-electron chi connectivity index (χ1n) is 6.40. The van der Waals surface area contributed by atoms with Crippen LogP contribution in [-0.2, 0) is 11.0 Å². The Bertz CT molecular complexity index is 740. The highest BCUT2D eigenvalue weighted by Crippen LogP contribution is 2.33. The van der Waals surface area contributed by atoms with Crippen molar-refractivity contribution < 1.29 is 23.1 Å². The molecule has 0 aliphatic heterocycles. The first-order chi connectivity index (χ1) is 10.8. The summed E-state index contributed by atoms with van der Waals surface area (Å²) in [6.07, 6.45) is -1.91. The third-order valence-electron chi connectivity index (χ3n) is 2.87. The van der Waals surface area contributed by atoms with E-state index in [4.69, 9.17) is 16.7 Å². The molecule has 0 saturated heterocycles. The summed E-state index contributed by atoms with van der Waals surface area (Å²) in [5.74, 6) is -0.540. The topological polar surface area (TPSA) is 49.3 Å². The van der Waals surface area contributed by atoms with Gasteiger partial charge in [0.25, 0.3) is 0 Å². The standard InChI is InChI=1S/C16H11ClF3NO2/c17-13-7-4-11(16(18,19)20)9-14(13)21-15(23)8-3-10-1-5-12(22)6-2-10/h1-9,22H,(H,21,23)/b8-3+. The van der Waals surface area contributed by atoms with Crippen LogP contribution in [0.3, 0.4) is 0 Å². The van der Waals surface area contributed by atoms with Gasteiger partial charge >= 0.3 is 6.18 Å². The van der Waals surface area contributed by atoms with Gasteiger partial charge in [-0.25, -0.2) is 0 Å². The van der Waals surface area contributed by atoms with Gasteiger partial charge in [0.05, 0.1) is 16.3 Å². The fraction of sp³-hybridized carbons (Fsp3) is 0.0625. The molecule has 2 aromatic rings. The molecular weight excluding hydrogens is 331 g/mol. The molecule has 23 heavy (non-hydrogen) atoms. The number of nitrogens with one attached hydrogen (secondary N) is 1. The molecule has 0 radical (unpaired) electrons. The van der Waals surface area contributed by atoms with Crippen LogP contribution >= 0.6 is 11.6 Å². The van der Waals surface area contributed by atoms with E-state index in [1.165, 1.54) is 18.2 Å². The van der Waals surface area contributed by atoms with E-state index in [0.29, 0.717) is 5.56 Å². The molecule has 0 saturated carbocycles. The highest BCUT2D eigenvalue weighted by molar-refractivity contribution is 6.33. The van der Waals surface area contributed by atoms with Gasteiger partial charge in [0.1, 0.15) is 5.75 Å². The molecule has 0 spiro atoms. The third kappa shape index (κ3) is 4.75. The SMILES string of the molecule is O=C(/C=C/c1ccc(O)cc1)Nc1cc(C(F)(F)F)ccc1Cl. The maximum Gasteiger partial charge on any atom is 0.416 e. The number of hydrogen-bond acceptors (Lipinski definition) is 2. The first-order valence-corrected chi connectivity index (χ1v) is 6.78. The summed E-state index contributed by atoms with van der Waals surface area (Å²) in [6.45, 7) is 0. The Kier molecular flexibility index (Phi) is 4.95. The summed E-state index contributed by atoms with van der Waals surface area (Å²) in [5.41, 5.74) is -0.380. The van der Waals surface area contributed by atoms with Crippen LogP contribution in [0.1, 0.15) is 11.1 Å². The Balaban J connectivity index is 2.12. The number of halogens is 4. The van der Waals surface area contributed by atoms with E-state index in [-0.39, 0.29) is 16.5 Å². The van der Waals surface area contributed by atoms with Crippen LogP contribution in [0.2, 0.25) is 5.02 Å². The first kappa shape index (κ1) is 16.9. The largest absolute Gasteiger partial charge is 0.508 e. The molecular formula is C16H11ClF3NO2. The number of rotatable bonds is 3. The van der Waals surface area contributed by atoms with Crippen molar-refractivity contribution in [2.45, 2.75) is 6.18 Å².